The van der Waals surface area contributed by atoms with Gasteiger partial charge in [-0.1, -0.05) is 0 Å². The third-order valence-corrected chi connectivity index (χ3v) is 2.07. The van der Waals surface area contributed by atoms with Crippen LogP contribution in [0.3, 0.4) is 0 Å². The van der Waals surface area contributed by atoms with E-state index < -0.39 is 11.7 Å². The maximum atomic E-state index is 13.1. The molecule has 0 spiro atoms. The van der Waals surface area contributed by atoms with Crippen molar-refractivity contribution in [3.05, 3.63) is 30.3 Å². The monoisotopic (exact) mass is 246 g/mol. The van der Waals surface area contributed by atoms with Crippen LogP contribution in [0.15, 0.2) is 24.5 Å². The first-order valence-corrected chi connectivity index (χ1v) is 4.90. The summed E-state index contributed by atoms with van der Waals surface area (Å²) in [5.74, 6) is -1.04. The van der Waals surface area contributed by atoms with Gasteiger partial charge in [0.05, 0.1) is 17.4 Å². The Morgan fingerprint density at radius 2 is 2.39 bits per heavy atom. The minimum absolute atomic E-state index is 0.197. The summed E-state index contributed by atoms with van der Waals surface area (Å²) in [6, 6.07) is 5.48. The van der Waals surface area contributed by atoms with Crippen molar-refractivity contribution in [2.75, 3.05) is 5.32 Å². The predicted octanol–water partition coefficient (Wildman–Crippen LogP) is 0.654. The lowest BCUT2D eigenvalue weighted by Crippen LogP contribution is -2.13. The van der Waals surface area contributed by atoms with Crippen LogP contribution in [0.5, 0.6) is 0 Å². The van der Waals surface area contributed by atoms with Crippen molar-refractivity contribution in [2.45, 2.75) is 6.42 Å². The van der Waals surface area contributed by atoms with E-state index >= 15 is 0 Å². The number of amides is 1. The molecular formula is C10H7FN6O. The number of carbonyl (C=O) groups is 1. The Labute approximate surface area is 101 Å². The molecule has 0 bridgehead atoms. The van der Waals surface area contributed by atoms with Gasteiger partial charge in [0, 0.05) is 0 Å². The number of anilines is 1. The molecule has 18 heavy (non-hydrogen) atoms. The standard InChI is InChI=1S/C10H7FN6O/c11-7-1-2-9(17-6-13-15-16-17)8(5-7)14-10(18)3-4-12/h1-2,5-6H,3H2,(H,14,18). The average Bonchev–Trinajstić information content (AvgIpc) is 2.83. The number of tetrazole rings is 1. The van der Waals surface area contributed by atoms with Crippen molar-refractivity contribution in [3.63, 3.8) is 0 Å². The van der Waals surface area contributed by atoms with Gasteiger partial charge < -0.3 is 5.32 Å². The summed E-state index contributed by atoms with van der Waals surface area (Å²) in [5.41, 5.74) is 0.607. The van der Waals surface area contributed by atoms with Crippen LogP contribution in [0.25, 0.3) is 5.69 Å². The zero-order valence-electron chi connectivity index (χ0n) is 9.04. The maximum absolute atomic E-state index is 13.1. The molecule has 8 heteroatoms. The second-order valence-corrected chi connectivity index (χ2v) is 3.30. The van der Waals surface area contributed by atoms with Gasteiger partial charge in [0.2, 0.25) is 5.91 Å². The first-order chi connectivity index (χ1) is 8.70. The molecule has 0 aliphatic carbocycles. The molecule has 0 atom stereocenters. The van der Waals surface area contributed by atoms with Crippen molar-refractivity contribution in [1.82, 2.24) is 20.2 Å². The zero-order valence-corrected chi connectivity index (χ0v) is 9.04. The Balaban J connectivity index is 2.36. The third kappa shape index (κ3) is 2.46. The number of hydrogen-bond donors (Lipinski definition) is 1. The number of hydrogen-bond acceptors (Lipinski definition) is 5. The summed E-state index contributed by atoms with van der Waals surface area (Å²) in [5, 5.41) is 21.4. The fourth-order valence-electron chi connectivity index (χ4n) is 1.35. The lowest BCUT2D eigenvalue weighted by molar-refractivity contribution is -0.115. The SMILES string of the molecule is N#CCC(=O)Nc1cc(F)ccc1-n1cnnn1. The molecule has 1 N–H and O–H groups in total. The molecular weight excluding hydrogens is 239 g/mol. The smallest absolute Gasteiger partial charge is 0.238 e. The van der Waals surface area contributed by atoms with E-state index in [1.165, 1.54) is 23.1 Å². The molecule has 7 nitrogen and oxygen atoms in total. The molecule has 0 aliphatic heterocycles. The highest BCUT2D eigenvalue weighted by Crippen LogP contribution is 2.20. The van der Waals surface area contributed by atoms with Crippen LogP contribution in [-0.2, 0) is 4.79 Å². The largest absolute Gasteiger partial charge is 0.323 e. The summed E-state index contributed by atoms with van der Waals surface area (Å²) >= 11 is 0. The fraction of sp³-hybridized carbons (Fsp3) is 0.100. The van der Waals surface area contributed by atoms with Crippen molar-refractivity contribution in [1.29, 1.82) is 5.26 Å². The van der Waals surface area contributed by atoms with Gasteiger partial charge in [0.15, 0.2) is 0 Å². The Hall–Kier alpha value is -2.82. The first-order valence-electron chi connectivity index (χ1n) is 4.90. The topological polar surface area (TPSA) is 96.5 Å². The van der Waals surface area contributed by atoms with Gasteiger partial charge in [0.1, 0.15) is 18.6 Å². The van der Waals surface area contributed by atoms with Crippen molar-refractivity contribution in [3.8, 4) is 11.8 Å². The van der Waals surface area contributed by atoms with Crippen LogP contribution >= 0.6 is 0 Å². The van der Waals surface area contributed by atoms with Crippen molar-refractivity contribution >= 4 is 11.6 Å². The molecule has 1 aromatic carbocycles. The number of rotatable bonds is 3. The van der Waals surface area contributed by atoms with Crippen LogP contribution in [0.1, 0.15) is 6.42 Å². The van der Waals surface area contributed by atoms with Crippen LogP contribution in [-0.4, -0.2) is 26.1 Å². The van der Waals surface area contributed by atoms with E-state index in [1.807, 2.05) is 0 Å². The molecule has 1 aromatic heterocycles. The number of nitriles is 1. The van der Waals surface area contributed by atoms with E-state index in [0.717, 1.165) is 6.07 Å². The van der Waals surface area contributed by atoms with Gasteiger partial charge in [-0.3, -0.25) is 4.79 Å². The normalized spacial score (nSPS) is 9.78. The van der Waals surface area contributed by atoms with E-state index in [2.05, 4.69) is 20.8 Å². The highest BCUT2D eigenvalue weighted by Gasteiger charge is 2.10. The molecule has 0 fully saturated rings. The molecule has 0 aliphatic rings. The number of halogens is 1. The Kier molecular flexibility index (Phi) is 3.24. The quantitative estimate of drug-likeness (QED) is 0.857. The van der Waals surface area contributed by atoms with Gasteiger partial charge in [-0.25, -0.2) is 4.39 Å². The molecule has 0 unspecified atom stereocenters. The molecule has 0 radical (unpaired) electrons. The molecule has 2 rings (SSSR count). The van der Waals surface area contributed by atoms with E-state index in [4.69, 9.17) is 5.26 Å². The Morgan fingerprint density at radius 1 is 1.56 bits per heavy atom. The second-order valence-electron chi connectivity index (χ2n) is 3.30. The van der Waals surface area contributed by atoms with E-state index in [0.29, 0.717) is 5.69 Å². The van der Waals surface area contributed by atoms with Crippen molar-refractivity contribution < 1.29 is 9.18 Å². The van der Waals surface area contributed by atoms with Crippen LogP contribution < -0.4 is 5.32 Å². The minimum Gasteiger partial charge on any atom is -0.323 e. The average molecular weight is 246 g/mol. The van der Waals surface area contributed by atoms with E-state index in [1.54, 1.807) is 6.07 Å². The summed E-state index contributed by atoms with van der Waals surface area (Å²) in [4.78, 5) is 11.3. The van der Waals surface area contributed by atoms with Gasteiger partial charge in [0.25, 0.3) is 0 Å². The summed E-state index contributed by atoms with van der Waals surface area (Å²) in [7, 11) is 0. The highest BCUT2D eigenvalue weighted by molar-refractivity contribution is 5.93. The molecule has 1 amide bonds. The molecule has 90 valence electrons. The van der Waals surface area contributed by atoms with Crippen molar-refractivity contribution in [2.24, 2.45) is 0 Å². The van der Waals surface area contributed by atoms with Gasteiger partial charge in [-0.05, 0) is 28.6 Å². The van der Waals surface area contributed by atoms with Gasteiger partial charge >= 0.3 is 0 Å². The number of carbonyl (C=O) groups excluding carboxylic acids is 1. The van der Waals surface area contributed by atoms with E-state index in [-0.39, 0.29) is 12.1 Å². The molecule has 0 saturated heterocycles. The highest BCUT2D eigenvalue weighted by atomic mass is 19.1. The van der Waals surface area contributed by atoms with Crippen LogP contribution in [0.2, 0.25) is 0 Å². The third-order valence-electron chi connectivity index (χ3n) is 2.07. The molecule has 2 aromatic rings. The first kappa shape index (κ1) is 11.7. The molecule has 0 saturated carbocycles. The summed E-state index contributed by atoms with van der Waals surface area (Å²) in [6.07, 6.45) is 0.999. The number of aromatic nitrogens is 4. The summed E-state index contributed by atoms with van der Waals surface area (Å²) < 4.78 is 14.4. The Bertz CT molecular complexity index is 603. The lowest BCUT2D eigenvalue weighted by atomic mass is 10.2. The lowest BCUT2D eigenvalue weighted by Gasteiger charge is -2.09. The second kappa shape index (κ2) is 5.01. The number of benzene rings is 1. The Morgan fingerprint density at radius 3 is 3.06 bits per heavy atom. The minimum atomic E-state index is -0.530. The zero-order chi connectivity index (χ0) is 13.0. The number of nitrogens with one attached hydrogen (secondary N) is 1. The van der Waals surface area contributed by atoms with Gasteiger partial charge in [-0.15, -0.1) is 5.10 Å². The maximum Gasteiger partial charge on any atom is 0.238 e. The molecule has 1 heterocycles. The van der Waals surface area contributed by atoms with Crippen LogP contribution in [0.4, 0.5) is 10.1 Å². The summed E-state index contributed by atoms with van der Waals surface area (Å²) in [6.45, 7) is 0. The van der Waals surface area contributed by atoms with Crippen LogP contribution in [0, 0.1) is 17.1 Å². The predicted molar refractivity (Wildman–Crippen MR) is 58.0 cm³/mol. The fourth-order valence-corrected chi connectivity index (χ4v) is 1.35. The van der Waals surface area contributed by atoms with E-state index in [9.17, 15) is 9.18 Å². The van der Waals surface area contributed by atoms with Gasteiger partial charge in [-0.2, -0.15) is 9.94 Å². The number of nitrogens with zero attached hydrogens (tertiary/aromatic N) is 5.